The van der Waals surface area contributed by atoms with Gasteiger partial charge < -0.3 is 9.47 Å². The number of imide groups is 2. The van der Waals surface area contributed by atoms with E-state index in [1.165, 1.54) is 20.3 Å². The van der Waals surface area contributed by atoms with Crippen molar-refractivity contribution in [3.8, 4) is 11.5 Å². The van der Waals surface area contributed by atoms with Crippen molar-refractivity contribution in [2.45, 2.75) is 6.92 Å². The fourth-order valence-electron chi connectivity index (χ4n) is 2.77. The second-order valence-electron chi connectivity index (χ2n) is 6.01. The second-order valence-corrected chi connectivity index (χ2v) is 6.86. The maximum atomic E-state index is 12.9. The fourth-order valence-corrected chi connectivity index (χ4v) is 3.02. The standard InChI is InChI=1S/C20H17BrN2O5/c1-11-8-13(5-6-15(11)21)23-19(25)14(18(24)22-20(23)26)9-12-4-7-16(27-2)17(10-12)28-3/h4-10H,1-3H3,(H,22,24,26)/b14-9+. The van der Waals surface area contributed by atoms with Crippen LogP contribution in [0.1, 0.15) is 11.1 Å². The molecule has 1 heterocycles. The minimum absolute atomic E-state index is 0.160. The van der Waals surface area contributed by atoms with Gasteiger partial charge in [-0.2, -0.15) is 0 Å². The summed E-state index contributed by atoms with van der Waals surface area (Å²) < 4.78 is 11.3. The Kier molecular flexibility index (Phi) is 5.51. The van der Waals surface area contributed by atoms with Crippen LogP contribution in [-0.4, -0.2) is 32.1 Å². The van der Waals surface area contributed by atoms with Crippen molar-refractivity contribution in [3.05, 3.63) is 57.6 Å². The van der Waals surface area contributed by atoms with E-state index in [-0.39, 0.29) is 5.57 Å². The zero-order chi connectivity index (χ0) is 20.4. The monoisotopic (exact) mass is 444 g/mol. The van der Waals surface area contributed by atoms with Gasteiger partial charge in [0.25, 0.3) is 11.8 Å². The molecule has 4 amide bonds. The maximum Gasteiger partial charge on any atom is 0.335 e. The third-order valence-electron chi connectivity index (χ3n) is 4.22. The molecule has 1 saturated heterocycles. The van der Waals surface area contributed by atoms with Crippen LogP contribution < -0.4 is 19.7 Å². The lowest BCUT2D eigenvalue weighted by Gasteiger charge is -2.26. The number of ether oxygens (including phenoxy) is 2. The normalized spacial score (nSPS) is 15.6. The van der Waals surface area contributed by atoms with Gasteiger partial charge in [0.2, 0.25) is 0 Å². The molecule has 0 aliphatic carbocycles. The van der Waals surface area contributed by atoms with E-state index in [0.29, 0.717) is 22.7 Å². The Hall–Kier alpha value is -3.13. The largest absolute Gasteiger partial charge is 0.493 e. The number of hydrogen-bond donors (Lipinski definition) is 1. The zero-order valence-electron chi connectivity index (χ0n) is 15.4. The molecule has 0 saturated carbocycles. The van der Waals surface area contributed by atoms with Crippen molar-refractivity contribution in [1.29, 1.82) is 0 Å². The van der Waals surface area contributed by atoms with E-state index in [2.05, 4.69) is 21.2 Å². The number of benzene rings is 2. The van der Waals surface area contributed by atoms with Crippen LogP contribution in [0.15, 0.2) is 46.4 Å². The number of urea groups is 1. The molecule has 1 aliphatic rings. The minimum atomic E-state index is -0.791. The van der Waals surface area contributed by atoms with Crippen LogP contribution in [0, 0.1) is 6.92 Å². The van der Waals surface area contributed by atoms with Gasteiger partial charge >= 0.3 is 6.03 Å². The van der Waals surface area contributed by atoms with Crippen LogP contribution in [0.25, 0.3) is 6.08 Å². The van der Waals surface area contributed by atoms with Crippen molar-refractivity contribution in [2.75, 3.05) is 19.1 Å². The summed E-state index contributed by atoms with van der Waals surface area (Å²) in [5.74, 6) is -0.483. The van der Waals surface area contributed by atoms with E-state index in [9.17, 15) is 14.4 Å². The van der Waals surface area contributed by atoms with E-state index in [0.717, 1.165) is 14.9 Å². The van der Waals surface area contributed by atoms with Crippen LogP contribution in [-0.2, 0) is 9.59 Å². The number of hydrogen-bond acceptors (Lipinski definition) is 5. The number of rotatable bonds is 4. The highest BCUT2D eigenvalue weighted by molar-refractivity contribution is 9.10. The van der Waals surface area contributed by atoms with Crippen LogP contribution in [0.3, 0.4) is 0 Å². The summed E-state index contributed by atoms with van der Waals surface area (Å²) in [6.07, 6.45) is 1.41. The van der Waals surface area contributed by atoms with Crippen LogP contribution in [0.2, 0.25) is 0 Å². The number of amides is 4. The Labute approximate surface area is 170 Å². The highest BCUT2D eigenvalue weighted by Gasteiger charge is 2.36. The molecule has 0 aromatic heterocycles. The molecule has 2 aromatic rings. The summed E-state index contributed by atoms with van der Waals surface area (Å²) in [5.41, 5.74) is 1.61. The molecule has 0 bridgehead atoms. The SMILES string of the molecule is COc1ccc(/C=C2\C(=O)NC(=O)N(c3ccc(Br)c(C)c3)C2=O)cc1OC. The highest BCUT2D eigenvalue weighted by atomic mass is 79.9. The van der Waals surface area contributed by atoms with Gasteiger partial charge in [-0.3, -0.25) is 14.9 Å². The average Bonchev–Trinajstić information content (AvgIpc) is 2.67. The first-order valence-electron chi connectivity index (χ1n) is 8.25. The molecule has 1 N–H and O–H groups in total. The zero-order valence-corrected chi connectivity index (χ0v) is 17.0. The number of aryl methyl sites for hydroxylation is 1. The molecule has 144 valence electrons. The average molecular weight is 445 g/mol. The quantitative estimate of drug-likeness (QED) is 0.576. The van der Waals surface area contributed by atoms with Gasteiger partial charge in [0.05, 0.1) is 19.9 Å². The van der Waals surface area contributed by atoms with Crippen molar-refractivity contribution >= 4 is 45.5 Å². The van der Waals surface area contributed by atoms with Crippen molar-refractivity contribution < 1.29 is 23.9 Å². The van der Waals surface area contributed by atoms with Crippen molar-refractivity contribution in [1.82, 2.24) is 5.32 Å². The lowest BCUT2D eigenvalue weighted by atomic mass is 10.1. The third kappa shape index (κ3) is 3.63. The van der Waals surface area contributed by atoms with Gasteiger partial charge in [-0.15, -0.1) is 0 Å². The van der Waals surface area contributed by atoms with Crippen LogP contribution in [0.5, 0.6) is 11.5 Å². The van der Waals surface area contributed by atoms with Crippen LogP contribution >= 0.6 is 15.9 Å². The first-order chi connectivity index (χ1) is 13.3. The molecule has 0 radical (unpaired) electrons. The Bertz CT molecular complexity index is 1020. The van der Waals surface area contributed by atoms with Gasteiger partial charge in [0, 0.05) is 4.47 Å². The molecule has 1 aliphatic heterocycles. The van der Waals surface area contributed by atoms with Crippen molar-refractivity contribution in [2.24, 2.45) is 0 Å². The van der Waals surface area contributed by atoms with E-state index in [4.69, 9.17) is 9.47 Å². The van der Waals surface area contributed by atoms with E-state index >= 15 is 0 Å². The van der Waals surface area contributed by atoms with Gasteiger partial charge in [0.15, 0.2) is 11.5 Å². The van der Waals surface area contributed by atoms with E-state index in [1.807, 2.05) is 6.92 Å². The Balaban J connectivity index is 2.02. The molecule has 28 heavy (non-hydrogen) atoms. The molecule has 8 heteroatoms. The number of nitrogens with zero attached hydrogens (tertiary/aromatic N) is 1. The lowest BCUT2D eigenvalue weighted by Crippen LogP contribution is -2.54. The fraction of sp³-hybridized carbons (Fsp3) is 0.150. The molecule has 3 rings (SSSR count). The van der Waals surface area contributed by atoms with E-state index < -0.39 is 17.8 Å². The maximum absolute atomic E-state index is 12.9. The Morgan fingerprint density at radius 3 is 2.36 bits per heavy atom. The topological polar surface area (TPSA) is 84.9 Å². The van der Waals surface area contributed by atoms with E-state index in [1.54, 1.807) is 36.4 Å². The highest BCUT2D eigenvalue weighted by Crippen LogP contribution is 2.30. The smallest absolute Gasteiger partial charge is 0.335 e. The number of barbiturate groups is 1. The molecule has 7 nitrogen and oxygen atoms in total. The molecule has 0 atom stereocenters. The number of nitrogens with one attached hydrogen (secondary N) is 1. The minimum Gasteiger partial charge on any atom is -0.493 e. The third-order valence-corrected chi connectivity index (χ3v) is 5.11. The summed E-state index contributed by atoms with van der Waals surface area (Å²) in [5, 5.41) is 2.21. The summed E-state index contributed by atoms with van der Waals surface area (Å²) in [6.45, 7) is 1.84. The summed E-state index contributed by atoms with van der Waals surface area (Å²) in [4.78, 5) is 38.4. The number of anilines is 1. The predicted octanol–water partition coefficient (Wildman–Crippen LogP) is 3.44. The summed E-state index contributed by atoms with van der Waals surface area (Å²) in [7, 11) is 3.00. The molecule has 0 unspecified atom stereocenters. The first kappa shape index (κ1) is 19.6. The van der Waals surface area contributed by atoms with Gasteiger partial charge in [-0.25, -0.2) is 9.69 Å². The lowest BCUT2D eigenvalue weighted by molar-refractivity contribution is -0.122. The molecule has 2 aromatic carbocycles. The number of halogens is 1. The molecular formula is C20H17BrN2O5. The van der Waals surface area contributed by atoms with Gasteiger partial charge in [-0.05, 0) is 54.5 Å². The first-order valence-corrected chi connectivity index (χ1v) is 9.04. The number of methoxy groups -OCH3 is 2. The van der Waals surface area contributed by atoms with Crippen LogP contribution in [0.4, 0.5) is 10.5 Å². The van der Waals surface area contributed by atoms with Crippen molar-refractivity contribution in [3.63, 3.8) is 0 Å². The Morgan fingerprint density at radius 1 is 1.00 bits per heavy atom. The molecule has 0 spiro atoms. The number of carbonyl (C=O) groups is 3. The molecule has 1 fully saturated rings. The molecular weight excluding hydrogens is 428 g/mol. The Morgan fingerprint density at radius 2 is 1.71 bits per heavy atom. The van der Waals surface area contributed by atoms with Gasteiger partial charge in [-0.1, -0.05) is 22.0 Å². The second kappa shape index (κ2) is 7.85. The van der Waals surface area contributed by atoms with Gasteiger partial charge in [0.1, 0.15) is 5.57 Å². The summed E-state index contributed by atoms with van der Waals surface area (Å²) in [6, 6.07) is 9.23. The summed E-state index contributed by atoms with van der Waals surface area (Å²) >= 11 is 3.38. The predicted molar refractivity (Wildman–Crippen MR) is 107 cm³/mol. The number of carbonyl (C=O) groups excluding carboxylic acids is 3.